The molecule has 1 aliphatic heterocycles. The number of rotatable bonds is 2. The molecule has 136 valence electrons. The molecule has 0 bridgehead atoms. The average Bonchev–Trinajstić information content (AvgIpc) is 2.60. The van der Waals surface area contributed by atoms with E-state index in [1.54, 1.807) is 17.7 Å². The Kier molecular flexibility index (Phi) is 5.79. The molecule has 0 amide bonds. The molecule has 1 fully saturated rings. The summed E-state index contributed by atoms with van der Waals surface area (Å²) in [5.74, 6) is -1.81. The fraction of sp³-hybridized carbons (Fsp3) is 0.444. The van der Waals surface area contributed by atoms with E-state index in [1.807, 2.05) is 25.8 Å². The third-order valence-electron chi connectivity index (χ3n) is 4.33. The number of aromatic carboxylic acids is 1. The van der Waals surface area contributed by atoms with Crippen LogP contribution in [-0.2, 0) is 7.05 Å². The minimum Gasteiger partial charge on any atom is -0.477 e. The Bertz CT molecular complexity index is 840. The summed E-state index contributed by atoms with van der Waals surface area (Å²) in [6.45, 7) is 7.10. The number of fused-ring (bicyclic) bond motifs is 1. The molecule has 1 saturated heterocycles. The second kappa shape index (κ2) is 7.65. The van der Waals surface area contributed by atoms with E-state index in [-0.39, 0.29) is 10.9 Å². The number of benzene rings is 1. The first-order valence-electron chi connectivity index (χ1n) is 8.38. The fourth-order valence-corrected chi connectivity index (χ4v) is 2.93. The number of hydrogen-bond donors (Lipinski definition) is 1. The number of aryl methyl sites for hydroxylation is 1. The minimum absolute atomic E-state index is 0.0859. The van der Waals surface area contributed by atoms with Crippen LogP contribution in [0.25, 0.3) is 10.9 Å². The molecule has 0 spiro atoms. The van der Waals surface area contributed by atoms with Gasteiger partial charge in [-0.2, -0.15) is 0 Å². The van der Waals surface area contributed by atoms with Crippen molar-refractivity contribution in [2.24, 2.45) is 7.05 Å². The van der Waals surface area contributed by atoms with Crippen molar-refractivity contribution in [2.75, 3.05) is 38.1 Å². The molecule has 2 aromatic rings. The van der Waals surface area contributed by atoms with Crippen molar-refractivity contribution in [3.8, 4) is 0 Å². The predicted molar refractivity (Wildman–Crippen MR) is 97.2 cm³/mol. The number of pyridine rings is 1. The lowest BCUT2D eigenvalue weighted by Gasteiger charge is -2.34. The molecule has 1 aromatic heterocycles. The van der Waals surface area contributed by atoms with Crippen LogP contribution in [0.5, 0.6) is 0 Å². The molecule has 0 unspecified atom stereocenters. The van der Waals surface area contributed by atoms with Crippen molar-refractivity contribution in [1.29, 1.82) is 0 Å². The van der Waals surface area contributed by atoms with Gasteiger partial charge in [0.15, 0.2) is 0 Å². The summed E-state index contributed by atoms with van der Waals surface area (Å²) >= 11 is 0. The van der Waals surface area contributed by atoms with Crippen LogP contribution >= 0.6 is 0 Å². The zero-order valence-electron chi connectivity index (χ0n) is 15.0. The van der Waals surface area contributed by atoms with Gasteiger partial charge in [-0.25, -0.2) is 9.18 Å². The van der Waals surface area contributed by atoms with E-state index in [0.717, 1.165) is 19.2 Å². The van der Waals surface area contributed by atoms with Gasteiger partial charge in [-0.3, -0.25) is 4.79 Å². The molecule has 0 atom stereocenters. The fourth-order valence-electron chi connectivity index (χ4n) is 2.93. The third-order valence-corrected chi connectivity index (χ3v) is 4.33. The lowest BCUT2D eigenvalue weighted by atomic mass is 10.1. The van der Waals surface area contributed by atoms with Crippen molar-refractivity contribution in [1.82, 2.24) is 9.47 Å². The van der Waals surface area contributed by atoms with Gasteiger partial charge < -0.3 is 19.5 Å². The highest BCUT2D eigenvalue weighted by molar-refractivity contribution is 5.93. The van der Waals surface area contributed by atoms with Gasteiger partial charge in [-0.05, 0) is 19.2 Å². The van der Waals surface area contributed by atoms with Crippen LogP contribution in [0.15, 0.2) is 23.1 Å². The highest BCUT2D eigenvalue weighted by Crippen LogP contribution is 2.25. The maximum Gasteiger partial charge on any atom is 0.341 e. The number of hydrogen-bond acceptors (Lipinski definition) is 4. The smallest absolute Gasteiger partial charge is 0.341 e. The second-order valence-corrected chi connectivity index (χ2v) is 5.90. The van der Waals surface area contributed by atoms with Gasteiger partial charge in [-0.15, -0.1) is 0 Å². The summed E-state index contributed by atoms with van der Waals surface area (Å²) in [6, 6.07) is 2.78. The molecule has 1 N–H and O–H groups in total. The van der Waals surface area contributed by atoms with Crippen molar-refractivity contribution >= 4 is 22.6 Å². The van der Waals surface area contributed by atoms with Crippen LogP contribution in [-0.4, -0.2) is 53.8 Å². The van der Waals surface area contributed by atoms with E-state index >= 15 is 0 Å². The summed E-state index contributed by atoms with van der Waals surface area (Å²) in [6.07, 6.45) is 1.28. The van der Waals surface area contributed by atoms with Gasteiger partial charge in [0.1, 0.15) is 11.4 Å². The van der Waals surface area contributed by atoms with E-state index in [4.69, 9.17) is 5.11 Å². The number of carboxylic acid groups (broad SMARTS) is 1. The summed E-state index contributed by atoms with van der Waals surface area (Å²) in [5, 5.41) is 9.17. The number of halogens is 1. The number of likely N-dealkylation sites (N-methyl/N-ethyl adjacent to an activating group) is 1. The molecule has 1 aromatic carbocycles. The van der Waals surface area contributed by atoms with Gasteiger partial charge in [-0.1, -0.05) is 13.8 Å². The Hall–Kier alpha value is -2.41. The van der Waals surface area contributed by atoms with E-state index in [9.17, 15) is 14.0 Å². The second-order valence-electron chi connectivity index (χ2n) is 5.90. The van der Waals surface area contributed by atoms with E-state index in [1.165, 1.54) is 6.20 Å². The summed E-state index contributed by atoms with van der Waals surface area (Å²) in [5.41, 5.74) is -0.0415. The first-order chi connectivity index (χ1) is 11.9. The first kappa shape index (κ1) is 18.9. The Balaban J connectivity index is 0.00000109. The van der Waals surface area contributed by atoms with Gasteiger partial charge in [0.05, 0.1) is 11.2 Å². The molecule has 0 radical (unpaired) electrons. The van der Waals surface area contributed by atoms with Crippen LogP contribution in [0.4, 0.5) is 10.1 Å². The van der Waals surface area contributed by atoms with Gasteiger partial charge in [0.25, 0.3) is 0 Å². The monoisotopic (exact) mass is 349 g/mol. The Morgan fingerprint density at radius 3 is 2.28 bits per heavy atom. The Labute approximate surface area is 146 Å². The zero-order chi connectivity index (χ0) is 18.7. The predicted octanol–water partition coefficient (Wildman–Crippen LogP) is 2.15. The number of carbonyl (C=O) groups is 1. The van der Waals surface area contributed by atoms with E-state index in [0.29, 0.717) is 24.3 Å². The van der Waals surface area contributed by atoms with E-state index in [2.05, 4.69) is 4.90 Å². The maximum atomic E-state index is 14.5. The molecule has 7 heteroatoms. The quantitative estimate of drug-likeness (QED) is 0.900. The maximum absolute atomic E-state index is 14.5. The number of anilines is 1. The highest BCUT2D eigenvalue weighted by Gasteiger charge is 2.20. The largest absolute Gasteiger partial charge is 0.477 e. The van der Waals surface area contributed by atoms with Crippen molar-refractivity contribution in [2.45, 2.75) is 13.8 Å². The number of aromatic nitrogens is 1. The van der Waals surface area contributed by atoms with Crippen LogP contribution in [0.3, 0.4) is 0 Å². The molecule has 6 nitrogen and oxygen atoms in total. The van der Waals surface area contributed by atoms with Crippen molar-refractivity contribution in [3.63, 3.8) is 0 Å². The standard InChI is InChI=1S/C16H18FN3O3.C2H6/c1-18-3-5-20(6-4-18)14-8-13-10(7-12(14)17)15(21)11(16(22)23)9-19(13)2;1-2/h7-9H,3-6H2,1-2H3,(H,22,23);1-2H3. The minimum atomic E-state index is -1.31. The Morgan fingerprint density at radius 2 is 1.72 bits per heavy atom. The molecule has 25 heavy (non-hydrogen) atoms. The Morgan fingerprint density at radius 1 is 1.12 bits per heavy atom. The first-order valence-corrected chi connectivity index (χ1v) is 8.38. The lowest BCUT2D eigenvalue weighted by Crippen LogP contribution is -2.44. The third kappa shape index (κ3) is 3.66. The molecule has 3 rings (SSSR count). The summed E-state index contributed by atoms with van der Waals surface area (Å²) in [4.78, 5) is 27.5. The van der Waals surface area contributed by atoms with Crippen molar-refractivity contribution < 1.29 is 14.3 Å². The molecule has 0 saturated carbocycles. The van der Waals surface area contributed by atoms with Gasteiger partial charge in [0, 0.05) is 44.8 Å². The lowest BCUT2D eigenvalue weighted by molar-refractivity contribution is 0.0695. The summed E-state index contributed by atoms with van der Waals surface area (Å²) < 4.78 is 16.0. The molecule has 2 heterocycles. The van der Waals surface area contributed by atoms with Crippen molar-refractivity contribution in [3.05, 3.63) is 39.9 Å². The molecule has 0 aliphatic carbocycles. The van der Waals surface area contributed by atoms with Crippen LogP contribution < -0.4 is 10.3 Å². The van der Waals surface area contributed by atoms with Gasteiger partial charge >= 0.3 is 5.97 Å². The SMILES string of the molecule is CC.CN1CCN(c2cc3c(cc2F)c(=O)c(C(=O)O)cn3C)CC1. The number of carboxylic acids is 1. The summed E-state index contributed by atoms with van der Waals surface area (Å²) in [7, 11) is 3.67. The zero-order valence-corrected chi connectivity index (χ0v) is 15.0. The number of piperazine rings is 1. The molecular formula is C18H24FN3O3. The van der Waals surface area contributed by atoms with Crippen LogP contribution in [0.1, 0.15) is 24.2 Å². The van der Waals surface area contributed by atoms with Gasteiger partial charge in [0.2, 0.25) is 5.43 Å². The molecular weight excluding hydrogens is 325 g/mol. The van der Waals surface area contributed by atoms with E-state index < -0.39 is 17.2 Å². The topological polar surface area (TPSA) is 65.8 Å². The normalized spacial score (nSPS) is 15.0. The molecule has 1 aliphatic rings. The van der Waals surface area contributed by atoms with Crippen LogP contribution in [0, 0.1) is 5.82 Å². The average molecular weight is 349 g/mol. The number of nitrogens with zero attached hydrogens (tertiary/aromatic N) is 3. The van der Waals surface area contributed by atoms with Crippen LogP contribution in [0.2, 0.25) is 0 Å². The highest BCUT2D eigenvalue weighted by atomic mass is 19.1.